The van der Waals surface area contributed by atoms with Crippen LogP contribution in [0, 0.1) is 24.5 Å². The van der Waals surface area contributed by atoms with Gasteiger partial charge in [-0.05, 0) is 59.7 Å². The van der Waals surface area contributed by atoms with Crippen molar-refractivity contribution in [2.45, 2.75) is 45.6 Å². The maximum absolute atomic E-state index is 13.6. The molecule has 1 amide bonds. The fourth-order valence-electron chi connectivity index (χ4n) is 3.84. The van der Waals surface area contributed by atoms with Crippen molar-refractivity contribution in [3.8, 4) is 0 Å². The summed E-state index contributed by atoms with van der Waals surface area (Å²) in [5, 5.41) is 12.5. The highest BCUT2D eigenvalue weighted by atomic mass is 19.2. The van der Waals surface area contributed by atoms with E-state index < -0.39 is 29.0 Å². The lowest BCUT2D eigenvalue weighted by Gasteiger charge is -2.26. The van der Waals surface area contributed by atoms with Gasteiger partial charge in [0.25, 0.3) is 5.91 Å². The number of benzene rings is 2. The van der Waals surface area contributed by atoms with Gasteiger partial charge in [-0.2, -0.15) is 0 Å². The number of halogens is 2. The minimum Gasteiger partial charge on any atom is -0.479 e. The number of nitrogens with one attached hydrogen (secondary N) is 1. The largest absolute Gasteiger partial charge is 0.479 e. The highest BCUT2D eigenvalue weighted by molar-refractivity contribution is 5.99. The fourth-order valence-corrected chi connectivity index (χ4v) is 3.84. The van der Waals surface area contributed by atoms with Crippen LogP contribution >= 0.6 is 0 Å². The summed E-state index contributed by atoms with van der Waals surface area (Å²) in [6.45, 7) is 6.01. The van der Waals surface area contributed by atoms with Gasteiger partial charge in [0, 0.05) is 18.4 Å². The monoisotopic (exact) mass is 387 g/mol. The van der Waals surface area contributed by atoms with Crippen LogP contribution in [-0.4, -0.2) is 22.5 Å². The third-order valence-corrected chi connectivity index (χ3v) is 5.26. The van der Waals surface area contributed by atoms with Crippen LogP contribution < -0.4 is 5.32 Å². The van der Waals surface area contributed by atoms with Gasteiger partial charge in [0.1, 0.15) is 5.54 Å². The van der Waals surface area contributed by atoms with Gasteiger partial charge in [-0.1, -0.05) is 26.0 Å². The summed E-state index contributed by atoms with van der Waals surface area (Å²) < 4.78 is 27.1. The lowest BCUT2D eigenvalue weighted by Crippen LogP contribution is -2.55. The maximum Gasteiger partial charge on any atom is 0.330 e. The van der Waals surface area contributed by atoms with Crippen LogP contribution in [0.3, 0.4) is 0 Å². The second-order valence-corrected chi connectivity index (χ2v) is 7.93. The Balaban J connectivity index is 1.94. The van der Waals surface area contributed by atoms with Crippen LogP contribution in [0.2, 0.25) is 0 Å². The third kappa shape index (κ3) is 3.63. The van der Waals surface area contributed by atoms with E-state index in [9.17, 15) is 23.5 Å². The molecule has 2 aromatic carbocycles. The first-order valence-corrected chi connectivity index (χ1v) is 9.24. The van der Waals surface area contributed by atoms with Gasteiger partial charge in [-0.25, -0.2) is 13.6 Å². The van der Waals surface area contributed by atoms with Gasteiger partial charge in [-0.3, -0.25) is 4.79 Å². The Morgan fingerprint density at radius 2 is 1.71 bits per heavy atom. The molecular weight excluding hydrogens is 364 g/mol. The lowest BCUT2D eigenvalue weighted by molar-refractivity contribution is -0.144. The summed E-state index contributed by atoms with van der Waals surface area (Å²) in [4.78, 5) is 25.1. The van der Waals surface area contributed by atoms with E-state index in [1.165, 1.54) is 0 Å². The van der Waals surface area contributed by atoms with Gasteiger partial charge < -0.3 is 10.4 Å². The molecule has 2 aromatic rings. The highest BCUT2D eigenvalue weighted by Gasteiger charge is 2.46. The number of aliphatic carboxylic acids is 1. The van der Waals surface area contributed by atoms with E-state index in [0.717, 1.165) is 23.3 Å². The molecular formula is C22H23F2NO3. The van der Waals surface area contributed by atoms with Crippen LogP contribution in [-0.2, 0) is 24.1 Å². The number of carboxylic acids is 1. The molecule has 0 spiro atoms. The van der Waals surface area contributed by atoms with Gasteiger partial charge in [0.05, 0.1) is 0 Å². The molecule has 0 atom stereocenters. The molecule has 2 N–H and O–H groups in total. The summed E-state index contributed by atoms with van der Waals surface area (Å²) in [5.41, 5.74) is 1.44. The third-order valence-electron chi connectivity index (χ3n) is 5.26. The average molecular weight is 387 g/mol. The zero-order valence-electron chi connectivity index (χ0n) is 16.1. The second-order valence-electron chi connectivity index (χ2n) is 7.93. The summed E-state index contributed by atoms with van der Waals surface area (Å²) in [6.07, 6.45) is 0.504. The van der Waals surface area contributed by atoms with Crippen molar-refractivity contribution in [2.75, 3.05) is 0 Å². The maximum atomic E-state index is 13.6. The summed E-state index contributed by atoms with van der Waals surface area (Å²) in [7, 11) is 0. The van der Waals surface area contributed by atoms with Crippen LogP contribution in [0.4, 0.5) is 8.78 Å². The van der Waals surface area contributed by atoms with Crippen molar-refractivity contribution in [3.05, 3.63) is 69.8 Å². The lowest BCUT2D eigenvalue weighted by atomic mass is 9.91. The topological polar surface area (TPSA) is 66.4 Å². The Hall–Kier alpha value is -2.76. The van der Waals surface area contributed by atoms with Gasteiger partial charge in [-0.15, -0.1) is 0 Å². The number of carboxylic acid groups (broad SMARTS) is 1. The molecule has 3 rings (SSSR count). The summed E-state index contributed by atoms with van der Waals surface area (Å²) in [5.74, 6) is -3.44. The van der Waals surface area contributed by atoms with Crippen molar-refractivity contribution in [1.29, 1.82) is 0 Å². The average Bonchev–Trinajstić information content (AvgIpc) is 2.95. The Bertz CT molecular complexity index is 922. The fraction of sp³-hybridized carbons (Fsp3) is 0.364. The summed E-state index contributed by atoms with van der Waals surface area (Å²) in [6, 6.07) is 7.38. The van der Waals surface area contributed by atoms with Crippen molar-refractivity contribution in [3.63, 3.8) is 0 Å². The highest BCUT2D eigenvalue weighted by Crippen LogP contribution is 2.33. The first kappa shape index (κ1) is 20.0. The molecule has 1 aliphatic carbocycles. The molecule has 0 saturated carbocycles. The van der Waals surface area contributed by atoms with E-state index in [-0.39, 0.29) is 12.8 Å². The molecule has 28 heavy (non-hydrogen) atoms. The number of rotatable bonds is 5. The summed E-state index contributed by atoms with van der Waals surface area (Å²) >= 11 is 0. The van der Waals surface area contributed by atoms with Crippen molar-refractivity contribution in [1.82, 2.24) is 5.32 Å². The number of hydrogen-bond acceptors (Lipinski definition) is 2. The van der Waals surface area contributed by atoms with Gasteiger partial charge in [0.15, 0.2) is 11.6 Å². The molecule has 1 aliphatic rings. The van der Waals surface area contributed by atoms with Crippen LogP contribution in [0.15, 0.2) is 30.3 Å². The van der Waals surface area contributed by atoms with Crippen LogP contribution in [0.25, 0.3) is 0 Å². The molecule has 0 heterocycles. The number of amides is 1. The van der Waals surface area contributed by atoms with Gasteiger partial charge >= 0.3 is 5.97 Å². The predicted octanol–water partition coefficient (Wildman–Crippen LogP) is 3.82. The zero-order chi connectivity index (χ0) is 20.6. The molecule has 0 saturated heterocycles. The molecule has 0 radical (unpaired) electrons. The minimum absolute atomic E-state index is 0.0913. The molecule has 0 unspecified atom stereocenters. The van der Waals surface area contributed by atoms with E-state index in [1.807, 2.05) is 26.8 Å². The standard InChI is InChI=1S/C22H23F2NO3/c1-12(2)7-17-13(3)5-4-6-16(17)20(26)25-22(21(27)28)10-14-8-18(23)19(24)9-15(14)11-22/h4-6,8-9,12H,7,10-11H2,1-3H3,(H,25,26)(H,27,28). The minimum atomic E-state index is -1.63. The van der Waals surface area contributed by atoms with E-state index in [2.05, 4.69) is 5.32 Å². The number of fused-ring (bicyclic) bond motifs is 1. The molecule has 4 nitrogen and oxygen atoms in total. The SMILES string of the molecule is Cc1cccc(C(=O)NC2(C(=O)O)Cc3cc(F)c(F)cc3C2)c1CC(C)C. The Kier molecular flexibility index (Phi) is 5.24. The molecule has 148 valence electrons. The number of carbonyl (C=O) groups is 2. The Morgan fingerprint density at radius 1 is 1.14 bits per heavy atom. The van der Waals surface area contributed by atoms with E-state index in [1.54, 1.807) is 12.1 Å². The number of aryl methyl sites for hydroxylation is 1. The quantitative estimate of drug-likeness (QED) is 0.820. The Labute approximate surface area is 162 Å². The van der Waals surface area contributed by atoms with E-state index in [4.69, 9.17) is 0 Å². The van der Waals surface area contributed by atoms with E-state index in [0.29, 0.717) is 29.0 Å². The van der Waals surface area contributed by atoms with Crippen molar-refractivity contribution < 1.29 is 23.5 Å². The zero-order valence-corrected chi connectivity index (χ0v) is 16.1. The van der Waals surface area contributed by atoms with Gasteiger partial charge in [0.2, 0.25) is 0 Å². The first-order valence-electron chi connectivity index (χ1n) is 9.24. The molecule has 0 fully saturated rings. The Morgan fingerprint density at radius 3 is 2.21 bits per heavy atom. The predicted molar refractivity (Wildman–Crippen MR) is 101 cm³/mol. The van der Waals surface area contributed by atoms with Crippen LogP contribution in [0.5, 0.6) is 0 Å². The van der Waals surface area contributed by atoms with E-state index >= 15 is 0 Å². The van der Waals surface area contributed by atoms with Crippen molar-refractivity contribution >= 4 is 11.9 Å². The molecule has 6 heteroatoms. The number of hydrogen-bond donors (Lipinski definition) is 2. The second kappa shape index (κ2) is 7.34. The van der Waals surface area contributed by atoms with Crippen LogP contribution in [0.1, 0.15) is 46.5 Å². The van der Waals surface area contributed by atoms with Crippen molar-refractivity contribution in [2.24, 2.45) is 5.92 Å². The molecule has 0 bridgehead atoms. The smallest absolute Gasteiger partial charge is 0.330 e. The molecule has 0 aliphatic heterocycles. The normalized spacial score (nSPS) is 14.8. The first-order chi connectivity index (χ1) is 13.1. The molecule has 0 aromatic heterocycles. The number of carbonyl (C=O) groups excluding carboxylic acids is 1.